The van der Waals surface area contributed by atoms with Crippen molar-refractivity contribution in [2.24, 2.45) is 0 Å². The van der Waals surface area contributed by atoms with Crippen LogP contribution in [0, 0.1) is 0 Å². The maximum atomic E-state index is 11.7. The summed E-state index contributed by atoms with van der Waals surface area (Å²) in [7, 11) is 2.98. The molecule has 0 aliphatic rings. The van der Waals surface area contributed by atoms with Gasteiger partial charge in [-0.1, -0.05) is 6.92 Å². The summed E-state index contributed by atoms with van der Waals surface area (Å²) >= 11 is 0. The first-order chi connectivity index (χ1) is 9.72. The van der Waals surface area contributed by atoms with Crippen molar-refractivity contribution in [1.82, 2.24) is 5.32 Å². The van der Waals surface area contributed by atoms with E-state index < -0.39 is 0 Å². The summed E-state index contributed by atoms with van der Waals surface area (Å²) in [6.45, 7) is 4.81. The third kappa shape index (κ3) is 5.19. The van der Waals surface area contributed by atoms with Gasteiger partial charge in [-0.25, -0.2) is 4.79 Å². The Morgan fingerprint density at radius 1 is 1.25 bits per heavy atom. The highest BCUT2D eigenvalue weighted by Gasteiger charge is 2.12. The normalized spacial score (nSPS) is 10.3. The minimum absolute atomic E-state index is 0.341. The highest BCUT2D eigenvalue weighted by Crippen LogP contribution is 2.18. The van der Waals surface area contributed by atoms with E-state index in [0.717, 1.165) is 30.9 Å². The van der Waals surface area contributed by atoms with Crippen LogP contribution in [0.2, 0.25) is 0 Å². The number of hydrogen-bond donors (Lipinski definition) is 1. The number of methoxy groups -OCH3 is 2. The van der Waals surface area contributed by atoms with Crippen molar-refractivity contribution in [2.75, 3.05) is 34.0 Å². The van der Waals surface area contributed by atoms with Crippen molar-refractivity contribution in [3.05, 3.63) is 29.3 Å². The quantitative estimate of drug-likeness (QED) is 0.554. The van der Waals surface area contributed by atoms with Gasteiger partial charge in [0.2, 0.25) is 0 Å². The van der Waals surface area contributed by atoms with Crippen LogP contribution in [0.1, 0.15) is 29.3 Å². The van der Waals surface area contributed by atoms with Gasteiger partial charge in [0.15, 0.2) is 0 Å². The second kappa shape index (κ2) is 9.34. The van der Waals surface area contributed by atoms with Crippen molar-refractivity contribution < 1.29 is 19.0 Å². The van der Waals surface area contributed by atoms with E-state index in [0.29, 0.717) is 18.7 Å². The van der Waals surface area contributed by atoms with Gasteiger partial charge < -0.3 is 19.5 Å². The number of ether oxygens (including phenoxy) is 3. The van der Waals surface area contributed by atoms with E-state index in [9.17, 15) is 4.79 Å². The van der Waals surface area contributed by atoms with Crippen molar-refractivity contribution in [3.63, 3.8) is 0 Å². The highest BCUT2D eigenvalue weighted by atomic mass is 16.5. The topological polar surface area (TPSA) is 56.8 Å². The Kier molecular flexibility index (Phi) is 7.69. The highest BCUT2D eigenvalue weighted by molar-refractivity contribution is 5.91. The Hall–Kier alpha value is -1.59. The lowest BCUT2D eigenvalue weighted by Gasteiger charge is -2.11. The van der Waals surface area contributed by atoms with E-state index in [1.807, 2.05) is 6.07 Å². The number of nitrogens with one attached hydrogen (secondary N) is 1. The van der Waals surface area contributed by atoms with Gasteiger partial charge in [0.1, 0.15) is 5.75 Å². The molecular weight excluding hydrogens is 258 g/mol. The number of carbonyl (C=O) groups excluding carboxylic acids is 1. The summed E-state index contributed by atoms with van der Waals surface area (Å²) in [5, 5.41) is 3.24. The predicted octanol–water partition coefficient (Wildman–Crippen LogP) is 2.00. The second-order valence-electron chi connectivity index (χ2n) is 4.30. The van der Waals surface area contributed by atoms with E-state index in [4.69, 9.17) is 14.2 Å². The molecule has 0 amide bonds. The molecule has 1 aromatic rings. The van der Waals surface area contributed by atoms with E-state index >= 15 is 0 Å². The predicted molar refractivity (Wildman–Crippen MR) is 77.2 cm³/mol. The Morgan fingerprint density at radius 2 is 2.05 bits per heavy atom. The van der Waals surface area contributed by atoms with Gasteiger partial charge in [-0.15, -0.1) is 0 Å². The molecule has 0 radical (unpaired) electrons. The number of benzene rings is 1. The molecule has 0 unspecified atom stereocenters. The lowest BCUT2D eigenvalue weighted by Crippen LogP contribution is -2.21. The number of hydrogen-bond acceptors (Lipinski definition) is 5. The maximum absolute atomic E-state index is 11.7. The lowest BCUT2D eigenvalue weighted by atomic mass is 10.1. The van der Waals surface area contributed by atoms with Crippen molar-refractivity contribution in [1.29, 1.82) is 0 Å². The van der Waals surface area contributed by atoms with Gasteiger partial charge in [-0.05, 0) is 30.2 Å². The molecular formula is C15H23NO4. The van der Waals surface area contributed by atoms with E-state index in [2.05, 4.69) is 12.2 Å². The molecule has 0 bridgehead atoms. The third-order valence-electron chi connectivity index (χ3n) is 2.80. The molecule has 20 heavy (non-hydrogen) atoms. The van der Waals surface area contributed by atoms with Crippen molar-refractivity contribution in [3.8, 4) is 5.75 Å². The molecule has 5 nitrogen and oxygen atoms in total. The molecule has 1 N–H and O–H groups in total. The van der Waals surface area contributed by atoms with Crippen LogP contribution in [0.15, 0.2) is 18.2 Å². The van der Waals surface area contributed by atoms with Crippen LogP contribution in [0.25, 0.3) is 0 Å². The second-order valence-corrected chi connectivity index (χ2v) is 4.30. The molecule has 0 spiro atoms. The molecule has 0 saturated heterocycles. The van der Waals surface area contributed by atoms with Crippen LogP contribution in [0.5, 0.6) is 5.75 Å². The molecule has 0 aliphatic carbocycles. The molecule has 0 aliphatic heterocycles. The van der Waals surface area contributed by atoms with Crippen LogP contribution < -0.4 is 10.1 Å². The monoisotopic (exact) mass is 281 g/mol. The van der Waals surface area contributed by atoms with E-state index in [1.54, 1.807) is 19.2 Å². The SMILES string of the molecule is CCCOCCNCc1cc(OC)ccc1C(=O)OC. The summed E-state index contributed by atoms with van der Waals surface area (Å²) in [5.41, 5.74) is 1.40. The Morgan fingerprint density at radius 3 is 2.70 bits per heavy atom. The fraction of sp³-hybridized carbons (Fsp3) is 0.533. The fourth-order valence-electron chi connectivity index (χ4n) is 1.77. The largest absolute Gasteiger partial charge is 0.497 e. The van der Waals surface area contributed by atoms with Gasteiger partial charge in [0.05, 0.1) is 26.4 Å². The number of rotatable bonds is 9. The van der Waals surface area contributed by atoms with Crippen molar-refractivity contribution >= 4 is 5.97 Å². The number of carbonyl (C=O) groups is 1. The molecule has 1 rings (SSSR count). The molecule has 0 atom stereocenters. The zero-order valence-electron chi connectivity index (χ0n) is 12.4. The third-order valence-corrected chi connectivity index (χ3v) is 2.80. The summed E-state index contributed by atoms with van der Waals surface area (Å²) in [6.07, 6.45) is 1.02. The summed E-state index contributed by atoms with van der Waals surface area (Å²) in [6, 6.07) is 5.31. The first kappa shape index (κ1) is 16.5. The van der Waals surface area contributed by atoms with Gasteiger partial charge in [0, 0.05) is 19.7 Å². The first-order valence-corrected chi connectivity index (χ1v) is 6.76. The van der Waals surface area contributed by atoms with E-state index in [1.165, 1.54) is 7.11 Å². The first-order valence-electron chi connectivity index (χ1n) is 6.76. The van der Waals surface area contributed by atoms with Crippen LogP contribution in [0.3, 0.4) is 0 Å². The van der Waals surface area contributed by atoms with Gasteiger partial charge in [0.25, 0.3) is 0 Å². The van der Waals surface area contributed by atoms with Crippen LogP contribution in [-0.2, 0) is 16.0 Å². The van der Waals surface area contributed by atoms with Crippen LogP contribution in [0.4, 0.5) is 0 Å². The molecule has 112 valence electrons. The Balaban J connectivity index is 2.59. The molecule has 0 aromatic heterocycles. The standard InChI is InChI=1S/C15H23NO4/c1-4-8-20-9-7-16-11-12-10-13(18-2)5-6-14(12)15(17)19-3/h5-6,10,16H,4,7-9,11H2,1-3H3. The smallest absolute Gasteiger partial charge is 0.338 e. The number of esters is 1. The summed E-state index contributed by atoms with van der Waals surface area (Å²) in [4.78, 5) is 11.7. The molecule has 1 aromatic carbocycles. The maximum Gasteiger partial charge on any atom is 0.338 e. The summed E-state index contributed by atoms with van der Waals surface area (Å²) < 4.78 is 15.3. The lowest BCUT2D eigenvalue weighted by molar-refractivity contribution is 0.0599. The minimum atomic E-state index is -0.341. The Labute approximate surface area is 120 Å². The van der Waals surface area contributed by atoms with Gasteiger partial charge >= 0.3 is 5.97 Å². The average molecular weight is 281 g/mol. The van der Waals surface area contributed by atoms with Gasteiger partial charge in [-0.3, -0.25) is 0 Å². The summed E-state index contributed by atoms with van der Waals surface area (Å²) in [5.74, 6) is 0.378. The molecule has 0 saturated carbocycles. The van der Waals surface area contributed by atoms with Crippen molar-refractivity contribution in [2.45, 2.75) is 19.9 Å². The average Bonchev–Trinajstić information content (AvgIpc) is 2.49. The molecule has 0 fully saturated rings. The zero-order valence-corrected chi connectivity index (χ0v) is 12.4. The fourth-order valence-corrected chi connectivity index (χ4v) is 1.77. The van der Waals surface area contributed by atoms with E-state index in [-0.39, 0.29) is 5.97 Å². The minimum Gasteiger partial charge on any atom is -0.497 e. The zero-order chi connectivity index (χ0) is 14.8. The van der Waals surface area contributed by atoms with Crippen LogP contribution in [-0.4, -0.2) is 39.9 Å². The van der Waals surface area contributed by atoms with Crippen LogP contribution >= 0.6 is 0 Å². The molecule has 0 heterocycles. The Bertz CT molecular complexity index is 420. The molecule has 5 heteroatoms. The van der Waals surface area contributed by atoms with Gasteiger partial charge in [-0.2, -0.15) is 0 Å².